The number of amides is 2. The fourth-order valence-electron chi connectivity index (χ4n) is 2.29. The third kappa shape index (κ3) is 2.20. The Kier molecular flexibility index (Phi) is 2.63. The molecule has 1 aliphatic heterocycles. The largest absolute Gasteiger partial charge is 0.384 e. The van der Waals surface area contributed by atoms with Crippen molar-refractivity contribution in [2.24, 2.45) is 0 Å². The molecule has 4 nitrogen and oxygen atoms in total. The smallest absolute Gasteiger partial charge is 0.319 e. The Bertz CT molecular complexity index is 440. The molecule has 17 heavy (non-hydrogen) atoms. The molecule has 0 saturated heterocycles. The van der Waals surface area contributed by atoms with E-state index in [0.29, 0.717) is 6.04 Å². The molecule has 0 bridgehead atoms. The molecule has 1 fully saturated rings. The van der Waals surface area contributed by atoms with Crippen LogP contribution in [0.4, 0.5) is 16.2 Å². The molecule has 1 aromatic rings. The van der Waals surface area contributed by atoms with Gasteiger partial charge in [-0.1, -0.05) is 0 Å². The van der Waals surface area contributed by atoms with Crippen molar-refractivity contribution < 1.29 is 4.79 Å². The molecule has 1 aromatic carbocycles. The summed E-state index contributed by atoms with van der Waals surface area (Å²) in [5.74, 6) is 0. The topological polar surface area (TPSA) is 53.2 Å². The molecule has 2 aliphatic rings. The van der Waals surface area contributed by atoms with Gasteiger partial charge in [-0.05, 0) is 49.4 Å². The quantitative estimate of drug-likeness (QED) is 0.731. The molecule has 0 spiro atoms. The minimum atomic E-state index is -0.0828. The van der Waals surface area contributed by atoms with Gasteiger partial charge in [0.2, 0.25) is 0 Å². The number of hydrogen-bond acceptors (Lipinski definition) is 2. The number of anilines is 2. The molecule has 4 heteroatoms. The Morgan fingerprint density at radius 3 is 3.00 bits per heavy atom. The lowest BCUT2D eigenvalue weighted by Gasteiger charge is -2.26. The number of fused-ring (bicyclic) bond motifs is 1. The molecule has 2 amide bonds. The molecular weight excluding hydrogens is 214 g/mol. The number of nitrogens with one attached hydrogen (secondary N) is 3. The highest BCUT2D eigenvalue weighted by Gasteiger charge is 2.19. The van der Waals surface area contributed by atoms with Gasteiger partial charge in [-0.15, -0.1) is 0 Å². The summed E-state index contributed by atoms with van der Waals surface area (Å²) >= 11 is 0. The number of hydrogen-bond donors (Lipinski definition) is 3. The van der Waals surface area contributed by atoms with Gasteiger partial charge < -0.3 is 16.0 Å². The van der Waals surface area contributed by atoms with Crippen molar-refractivity contribution in [2.45, 2.75) is 31.7 Å². The zero-order chi connectivity index (χ0) is 11.7. The van der Waals surface area contributed by atoms with Crippen LogP contribution in [0.1, 0.15) is 24.8 Å². The average molecular weight is 231 g/mol. The van der Waals surface area contributed by atoms with Gasteiger partial charge in [0.05, 0.1) is 0 Å². The summed E-state index contributed by atoms with van der Waals surface area (Å²) in [4.78, 5) is 11.7. The van der Waals surface area contributed by atoms with E-state index in [0.717, 1.165) is 31.5 Å². The molecule has 90 valence electrons. The third-order valence-corrected chi connectivity index (χ3v) is 3.51. The van der Waals surface area contributed by atoms with Gasteiger partial charge in [-0.3, -0.25) is 0 Å². The fourth-order valence-corrected chi connectivity index (χ4v) is 2.29. The Hall–Kier alpha value is -1.71. The Morgan fingerprint density at radius 2 is 2.24 bits per heavy atom. The summed E-state index contributed by atoms with van der Waals surface area (Å²) < 4.78 is 0. The lowest BCUT2D eigenvalue weighted by molar-refractivity contribution is 0.240. The third-order valence-electron chi connectivity index (χ3n) is 3.51. The van der Waals surface area contributed by atoms with Crippen LogP contribution < -0.4 is 16.0 Å². The minimum absolute atomic E-state index is 0.0828. The zero-order valence-electron chi connectivity index (χ0n) is 9.75. The maximum absolute atomic E-state index is 11.7. The predicted molar refractivity (Wildman–Crippen MR) is 68.4 cm³/mol. The van der Waals surface area contributed by atoms with Gasteiger partial charge in [0.15, 0.2) is 0 Å². The molecule has 3 rings (SSSR count). The molecule has 3 N–H and O–H groups in total. The first-order chi connectivity index (χ1) is 8.31. The van der Waals surface area contributed by atoms with Crippen molar-refractivity contribution in [3.63, 3.8) is 0 Å². The van der Waals surface area contributed by atoms with Crippen LogP contribution in [0.5, 0.6) is 0 Å². The standard InChI is InChI=1S/C13H17N3O/c17-13(15-10-2-1-3-10)16-11-4-5-12-9(8-11)6-7-14-12/h4-5,8,10,14H,1-3,6-7H2,(H2,15,16,17). The van der Waals surface area contributed by atoms with Crippen LogP contribution in [0.2, 0.25) is 0 Å². The highest BCUT2D eigenvalue weighted by Crippen LogP contribution is 2.25. The van der Waals surface area contributed by atoms with Gasteiger partial charge >= 0.3 is 6.03 Å². The summed E-state index contributed by atoms with van der Waals surface area (Å²) in [6.45, 7) is 0.993. The SMILES string of the molecule is O=C(Nc1ccc2c(c1)CCN2)NC1CCC1. The summed E-state index contributed by atoms with van der Waals surface area (Å²) in [5.41, 5.74) is 3.35. The lowest BCUT2D eigenvalue weighted by atomic mass is 9.93. The van der Waals surface area contributed by atoms with Crippen LogP contribution in [0.3, 0.4) is 0 Å². The van der Waals surface area contributed by atoms with Crippen LogP contribution in [-0.4, -0.2) is 18.6 Å². The van der Waals surface area contributed by atoms with E-state index in [1.54, 1.807) is 0 Å². The molecule has 0 radical (unpaired) electrons. The number of urea groups is 1. The second kappa shape index (κ2) is 4.28. The van der Waals surface area contributed by atoms with Crippen molar-refractivity contribution in [2.75, 3.05) is 17.2 Å². The molecule has 0 aromatic heterocycles. The molecular formula is C13H17N3O. The highest BCUT2D eigenvalue weighted by atomic mass is 16.2. The van der Waals surface area contributed by atoms with E-state index in [-0.39, 0.29) is 6.03 Å². The predicted octanol–water partition coefficient (Wildman–Crippen LogP) is 2.33. The van der Waals surface area contributed by atoms with Gasteiger partial charge in [0.1, 0.15) is 0 Å². The molecule has 1 heterocycles. The molecule has 0 unspecified atom stereocenters. The highest BCUT2D eigenvalue weighted by molar-refractivity contribution is 5.90. The first-order valence-corrected chi connectivity index (χ1v) is 6.25. The first-order valence-electron chi connectivity index (χ1n) is 6.25. The van der Waals surface area contributed by atoms with Crippen LogP contribution in [-0.2, 0) is 6.42 Å². The van der Waals surface area contributed by atoms with E-state index in [9.17, 15) is 4.79 Å². The summed E-state index contributed by atoms with van der Waals surface area (Å²) in [7, 11) is 0. The van der Waals surface area contributed by atoms with Crippen LogP contribution in [0, 0.1) is 0 Å². The molecule has 1 saturated carbocycles. The Balaban J connectivity index is 1.62. The first kappa shape index (κ1) is 10.4. The minimum Gasteiger partial charge on any atom is -0.384 e. The monoisotopic (exact) mass is 231 g/mol. The number of benzene rings is 1. The fraction of sp³-hybridized carbons (Fsp3) is 0.462. The van der Waals surface area contributed by atoms with Gasteiger partial charge in [0.25, 0.3) is 0 Å². The van der Waals surface area contributed by atoms with E-state index < -0.39 is 0 Å². The van der Waals surface area contributed by atoms with E-state index in [1.807, 2.05) is 12.1 Å². The van der Waals surface area contributed by atoms with Crippen molar-refractivity contribution in [1.82, 2.24) is 5.32 Å². The van der Waals surface area contributed by atoms with Crippen molar-refractivity contribution >= 4 is 17.4 Å². The van der Waals surface area contributed by atoms with Crippen LogP contribution in [0.25, 0.3) is 0 Å². The average Bonchev–Trinajstić information content (AvgIpc) is 2.71. The summed E-state index contributed by atoms with van der Waals surface area (Å²) in [5, 5.41) is 9.16. The lowest BCUT2D eigenvalue weighted by Crippen LogP contribution is -2.41. The second-order valence-electron chi connectivity index (χ2n) is 4.77. The Morgan fingerprint density at radius 1 is 1.35 bits per heavy atom. The number of rotatable bonds is 2. The van der Waals surface area contributed by atoms with E-state index in [2.05, 4.69) is 22.0 Å². The van der Waals surface area contributed by atoms with Crippen molar-refractivity contribution in [3.05, 3.63) is 23.8 Å². The Labute approximate surface area is 101 Å². The summed E-state index contributed by atoms with van der Waals surface area (Å²) in [6.07, 6.45) is 4.49. The van der Waals surface area contributed by atoms with Crippen molar-refractivity contribution in [1.29, 1.82) is 0 Å². The van der Waals surface area contributed by atoms with E-state index in [4.69, 9.17) is 0 Å². The number of carbonyl (C=O) groups is 1. The van der Waals surface area contributed by atoms with Crippen LogP contribution in [0.15, 0.2) is 18.2 Å². The maximum Gasteiger partial charge on any atom is 0.319 e. The molecule has 1 aliphatic carbocycles. The van der Waals surface area contributed by atoms with Crippen molar-refractivity contribution in [3.8, 4) is 0 Å². The van der Waals surface area contributed by atoms with E-state index >= 15 is 0 Å². The van der Waals surface area contributed by atoms with Crippen LogP contribution >= 0.6 is 0 Å². The maximum atomic E-state index is 11.7. The van der Waals surface area contributed by atoms with Gasteiger partial charge in [-0.25, -0.2) is 4.79 Å². The second-order valence-corrected chi connectivity index (χ2v) is 4.77. The molecule has 0 atom stereocenters. The van der Waals surface area contributed by atoms with E-state index in [1.165, 1.54) is 17.7 Å². The normalized spacial score (nSPS) is 17.9. The zero-order valence-corrected chi connectivity index (χ0v) is 9.75. The van der Waals surface area contributed by atoms with Gasteiger partial charge in [0, 0.05) is 24.0 Å². The number of carbonyl (C=O) groups excluding carboxylic acids is 1. The summed E-state index contributed by atoms with van der Waals surface area (Å²) in [6, 6.07) is 6.32. The van der Waals surface area contributed by atoms with Gasteiger partial charge in [-0.2, -0.15) is 0 Å².